The van der Waals surface area contributed by atoms with Crippen LogP contribution in [0.5, 0.6) is 0 Å². The minimum Gasteiger partial charge on any atom is -0.379 e. The maximum Gasteiger partial charge on any atom is 0.284 e. The van der Waals surface area contributed by atoms with Gasteiger partial charge in [-0.3, -0.25) is 24.3 Å². The molecule has 4 N–H and O–H groups in total. The average molecular weight is 897 g/mol. The van der Waals surface area contributed by atoms with Crippen molar-refractivity contribution in [2.45, 2.75) is 121 Å². The molecule has 17 nitrogen and oxygen atoms in total. The third kappa shape index (κ3) is 7.95. The lowest BCUT2D eigenvalue weighted by Crippen LogP contribution is -2.62. The number of carbonyl (C=O) groups excluding carboxylic acids is 2. The largest absolute Gasteiger partial charge is 0.379 e. The minimum atomic E-state index is -2.86. The van der Waals surface area contributed by atoms with E-state index in [1.807, 2.05) is 28.6 Å². The number of morpholine rings is 1. The van der Waals surface area contributed by atoms with Gasteiger partial charge in [-0.15, -0.1) is 5.10 Å². The number of ether oxygens (including phenoxy) is 1. The molecule has 4 aromatic heterocycles. The molecule has 1 spiro atoms. The van der Waals surface area contributed by atoms with E-state index < -0.39 is 30.5 Å². The highest BCUT2D eigenvalue weighted by atomic mass is 19.3. The molecule has 5 saturated heterocycles. The molecule has 6 fully saturated rings. The Labute approximate surface area is 375 Å². The van der Waals surface area contributed by atoms with Crippen LogP contribution in [0.15, 0.2) is 42.9 Å². The zero-order valence-electron chi connectivity index (χ0n) is 36.7. The van der Waals surface area contributed by atoms with Crippen LogP contribution in [0, 0.1) is 18.3 Å². The summed E-state index contributed by atoms with van der Waals surface area (Å²) < 4.78 is 39.8. The number of carbonyl (C=O) groups is 2. The smallest absolute Gasteiger partial charge is 0.284 e. The molecule has 19 heteroatoms. The fourth-order valence-electron chi connectivity index (χ4n) is 11.9. The van der Waals surface area contributed by atoms with Gasteiger partial charge in [0.1, 0.15) is 18.0 Å². The average Bonchev–Trinajstić information content (AvgIpc) is 4.14. The van der Waals surface area contributed by atoms with Gasteiger partial charge in [0.25, 0.3) is 12.3 Å². The molecular weight excluding hydrogens is 839 g/mol. The summed E-state index contributed by atoms with van der Waals surface area (Å²) in [6.45, 7) is 7.77. The molecular formula is C46H58F2N12O5. The van der Waals surface area contributed by atoms with Gasteiger partial charge in [0.05, 0.1) is 47.7 Å². The van der Waals surface area contributed by atoms with E-state index in [9.17, 15) is 28.6 Å². The van der Waals surface area contributed by atoms with Crippen LogP contribution < -0.4 is 15.5 Å². The van der Waals surface area contributed by atoms with E-state index in [-0.39, 0.29) is 46.8 Å². The number of hydrogen-bond acceptors (Lipinski definition) is 12. The van der Waals surface area contributed by atoms with Crippen molar-refractivity contribution in [2.24, 2.45) is 11.3 Å². The fourth-order valence-corrected chi connectivity index (χ4v) is 11.9. The van der Waals surface area contributed by atoms with Crippen LogP contribution >= 0.6 is 0 Å². The van der Waals surface area contributed by atoms with Crippen molar-refractivity contribution in [1.82, 2.24) is 49.3 Å². The molecule has 1 aliphatic carbocycles. The number of rotatable bonds is 11. The molecule has 6 aliphatic rings. The molecule has 2 bridgehead atoms. The van der Waals surface area contributed by atoms with Gasteiger partial charge in [0, 0.05) is 62.0 Å². The zero-order chi connectivity index (χ0) is 44.6. The minimum absolute atomic E-state index is 0.00683. The van der Waals surface area contributed by atoms with Gasteiger partial charge < -0.3 is 35.0 Å². The van der Waals surface area contributed by atoms with Gasteiger partial charge in [-0.1, -0.05) is 12.1 Å². The number of aliphatic hydroxyl groups excluding tert-OH is 2. The first-order valence-electron chi connectivity index (χ1n) is 23.5. The van der Waals surface area contributed by atoms with E-state index in [1.165, 1.54) is 0 Å². The molecule has 65 heavy (non-hydrogen) atoms. The van der Waals surface area contributed by atoms with Crippen molar-refractivity contribution in [3.63, 3.8) is 0 Å². The van der Waals surface area contributed by atoms with Crippen molar-refractivity contribution in [3.8, 4) is 0 Å². The molecule has 9 heterocycles. The highest BCUT2D eigenvalue weighted by Gasteiger charge is 2.47. The monoisotopic (exact) mass is 896 g/mol. The number of aryl methyl sites for hydroxylation is 2. The van der Waals surface area contributed by atoms with E-state index in [0.717, 1.165) is 99.8 Å². The molecule has 5 aliphatic heterocycles. The van der Waals surface area contributed by atoms with Crippen LogP contribution in [-0.2, 0) is 16.0 Å². The normalized spacial score (nSPS) is 27.9. The predicted octanol–water partition coefficient (Wildman–Crippen LogP) is 4.60. The number of halogens is 2. The van der Waals surface area contributed by atoms with Crippen LogP contribution in [0.2, 0.25) is 0 Å². The number of anilines is 2. The second-order valence-electron chi connectivity index (χ2n) is 19.6. The first kappa shape index (κ1) is 42.5. The maximum atomic E-state index is 14.5. The van der Waals surface area contributed by atoms with Gasteiger partial charge in [-0.2, -0.15) is 10.2 Å². The van der Waals surface area contributed by atoms with Crippen molar-refractivity contribution >= 4 is 39.9 Å². The number of aliphatic hydroxyl groups is 2. The second-order valence-corrected chi connectivity index (χ2v) is 19.6. The van der Waals surface area contributed by atoms with E-state index >= 15 is 0 Å². The lowest BCUT2D eigenvalue weighted by Gasteiger charge is -2.54. The third-order valence-corrected chi connectivity index (χ3v) is 15.4. The maximum absolute atomic E-state index is 14.5. The second kappa shape index (κ2) is 17.0. The first-order valence-corrected chi connectivity index (χ1v) is 23.5. The fraction of sp³-hybridized carbons (Fsp3) is 0.609. The number of alkyl halides is 2. The van der Waals surface area contributed by atoms with E-state index in [0.29, 0.717) is 56.2 Å². The van der Waals surface area contributed by atoms with Crippen LogP contribution in [0.25, 0.3) is 16.6 Å². The van der Waals surface area contributed by atoms with Gasteiger partial charge >= 0.3 is 0 Å². The summed E-state index contributed by atoms with van der Waals surface area (Å²) in [7, 11) is 0. The van der Waals surface area contributed by atoms with Crippen LogP contribution in [0.4, 0.5) is 20.3 Å². The van der Waals surface area contributed by atoms with Crippen molar-refractivity contribution in [3.05, 3.63) is 65.4 Å². The highest BCUT2D eigenvalue weighted by molar-refractivity contribution is 6.12. The predicted molar refractivity (Wildman–Crippen MR) is 236 cm³/mol. The Hall–Kier alpha value is -5.08. The molecule has 2 amide bonds. The summed E-state index contributed by atoms with van der Waals surface area (Å²) in [5.41, 5.74) is 3.25. The van der Waals surface area contributed by atoms with Crippen LogP contribution in [0.3, 0.4) is 0 Å². The zero-order valence-corrected chi connectivity index (χ0v) is 36.7. The van der Waals surface area contributed by atoms with E-state index in [1.54, 1.807) is 33.9 Å². The van der Waals surface area contributed by atoms with Gasteiger partial charge in [0.15, 0.2) is 17.2 Å². The summed E-state index contributed by atoms with van der Waals surface area (Å²) >= 11 is 0. The lowest BCUT2D eigenvalue weighted by atomic mass is 9.71. The summed E-state index contributed by atoms with van der Waals surface area (Å²) in [6, 6.07) is 7.58. The number of nitrogens with zero attached hydrogens (tertiary/aromatic N) is 10. The number of nitrogens with one attached hydrogen (secondary N) is 2. The number of fused-ring (bicyclic) bond motifs is 4. The number of hydrogen-bond donors (Lipinski definition) is 4. The lowest BCUT2D eigenvalue weighted by molar-refractivity contribution is -0.146. The van der Waals surface area contributed by atoms with Gasteiger partial charge in [-0.05, 0) is 108 Å². The topological polar surface area (TPSA) is 183 Å². The molecule has 1 aromatic carbocycles. The number of piperidine rings is 2. The SMILES string of the molecule is Cc1nn([C@@H]2CC[C@@H](O)N[C@@H]2O)c2cccc(CCC(=O)N3CC4(CCN(CC5CCC(n6cc(NC(=O)c7c(N8C[C@H]9C[C@@H]8CO9)nn8cccnc78)c(C(F)F)n6)CC5)CC4)C3)c12. The number of aromatic nitrogens is 7. The highest BCUT2D eigenvalue weighted by Crippen LogP contribution is 2.43. The molecule has 0 unspecified atom stereocenters. The Bertz CT molecular complexity index is 2570. The summed E-state index contributed by atoms with van der Waals surface area (Å²) in [5.74, 6) is 0.625. The molecule has 5 atom stereocenters. The Morgan fingerprint density at radius 1 is 1.02 bits per heavy atom. The Kier molecular flexibility index (Phi) is 11.1. The molecule has 346 valence electrons. The number of benzene rings is 1. The Balaban J connectivity index is 0.654. The van der Waals surface area contributed by atoms with Crippen LogP contribution in [-0.4, -0.2) is 136 Å². The van der Waals surface area contributed by atoms with Crippen LogP contribution in [0.1, 0.15) is 110 Å². The Morgan fingerprint density at radius 3 is 2.57 bits per heavy atom. The number of likely N-dealkylation sites (tertiary alicyclic amines) is 2. The summed E-state index contributed by atoms with van der Waals surface area (Å²) in [6.07, 6.45) is 9.25. The number of amides is 2. The first-order chi connectivity index (χ1) is 31.5. The summed E-state index contributed by atoms with van der Waals surface area (Å²) in [5, 5.41) is 41.0. The summed E-state index contributed by atoms with van der Waals surface area (Å²) in [4.78, 5) is 38.5. The van der Waals surface area contributed by atoms with Crippen molar-refractivity contribution in [2.75, 3.05) is 56.1 Å². The molecule has 5 aromatic rings. The molecule has 11 rings (SSSR count). The van der Waals surface area contributed by atoms with E-state index in [4.69, 9.17) is 9.84 Å². The van der Waals surface area contributed by atoms with Crippen molar-refractivity contribution in [1.29, 1.82) is 0 Å². The molecule has 0 radical (unpaired) electrons. The van der Waals surface area contributed by atoms with Gasteiger partial charge in [0.2, 0.25) is 5.91 Å². The quantitative estimate of drug-likeness (QED) is 0.145. The standard InChI is InChI=1S/C46H58F2N12O5/c1-27-38-29(4-2-5-34(38)60(52-27)35-11-12-36(61)51-44(35)63)8-13-37(62)56-25-46(26-56)14-18-55(19-15-46)21-28-6-9-30(10-7-28)59-23-33(40(53-59)41(47)48)50-45(64)39-42-49-16-3-17-58(42)54-43(39)57-22-32-20-31(57)24-65-32/h2-5,16-17,23,28,30-32,35-36,41,44,51,61,63H,6-15,18-22,24-26H2,1H3,(H,50,64)/t28?,30?,31-,32-,35-,36-,44-/m1/s1. The van der Waals surface area contributed by atoms with E-state index in [2.05, 4.69) is 41.7 Å². The molecule has 1 saturated carbocycles. The van der Waals surface area contributed by atoms with Gasteiger partial charge in [-0.25, -0.2) is 18.3 Å². The van der Waals surface area contributed by atoms with Crippen molar-refractivity contribution < 1.29 is 33.3 Å². The Morgan fingerprint density at radius 2 is 1.83 bits per heavy atom. The third-order valence-electron chi connectivity index (χ3n) is 15.4.